The Bertz CT molecular complexity index is 831. The molecule has 1 aliphatic rings. The smallest absolute Gasteiger partial charge is 0.240 e. The maximum Gasteiger partial charge on any atom is 0.240 e. The van der Waals surface area contributed by atoms with Crippen LogP contribution in [0.5, 0.6) is 5.75 Å². The second kappa shape index (κ2) is 7.37. The Morgan fingerprint density at radius 2 is 1.84 bits per heavy atom. The summed E-state index contributed by atoms with van der Waals surface area (Å²) in [5, 5.41) is 0. The number of methoxy groups -OCH3 is 1. The van der Waals surface area contributed by atoms with E-state index in [1.165, 1.54) is 19.2 Å². The van der Waals surface area contributed by atoms with Gasteiger partial charge >= 0.3 is 0 Å². The summed E-state index contributed by atoms with van der Waals surface area (Å²) in [4.78, 5) is 11.3. The van der Waals surface area contributed by atoms with Gasteiger partial charge in [0.1, 0.15) is 5.75 Å². The van der Waals surface area contributed by atoms with E-state index in [0.29, 0.717) is 17.4 Å². The van der Waals surface area contributed by atoms with E-state index in [2.05, 4.69) is 19.6 Å². The van der Waals surface area contributed by atoms with Crippen molar-refractivity contribution in [2.75, 3.05) is 25.1 Å². The lowest BCUT2D eigenvalue weighted by Crippen LogP contribution is -2.25. The molecule has 0 unspecified atom stereocenters. The van der Waals surface area contributed by atoms with Crippen LogP contribution < -0.4 is 14.4 Å². The third-order valence-electron chi connectivity index (χ3n) is 4.10. The molecule has 3 rings (SSSR count). The number of anilines is 1. The highest BCUT2D eigenvalue weighted by Crippen LogP contribution is 2.18. The number of aromatic nitrogens is 2. The van der Waals surface area contributed by atoms with E-state index in [4.69, 9.17) is 4.74 Å². The molecule has 1 aliphatic heterocycles. The number of hydrogen-bond acceptors (Lipinski definition) is 6. The van der Waals surface area contributed by atoms with Crippen molar-refractivity contribution in [3.8, 4) is 5.75 Å². The number of sulfonamides is 1. The normalized spacial score (nSPS) is 14.7. The van der Waals surface area contributed by atoms with Crippen LogP contribution in [0.3, 0.4) is 0 Å². The minimum atomic E-state index is -3.61. The maximum absolute atomic E-state index is 12.4. The summed E-state index contributed by atoms with van der Waals surface area (Å²) in [5.41, 5.74) is 1.49. The maximum atomic E-state index is 12.4. The zero-order valence-electron chi connectivity index (χ0n) is 14.4. The van der Waals surface area contributed by atoms with Crippen molar-refractivity contribution in [2.24, 2.45) is 0 Å². The molecule has 2 heterocycles. The number of nitrogens with one attached hydrogen (secondary N) is 1. The molecule has 134 valence electrons. The van der Waals surface area contributed by atoms with Gasteiger partial charge in [-0.05, 0) is 50.1 Å². The standard InChI is InChI=1S/C17H22N4O3S/c1-13-11-14(20-17(19-13)21-9-3-4-10-21)12-18-25(22,23)16-7-5-15(24-2)6-8-16/h5-8,11,18H,3-4,9-10,12H2,1-2H3. The van der Waals surface area contributed by atoms with E-state index < -0.39 is 10.0 Å². The fraction of sp³-hybridized carbons (Fsp3) is 0.412. The first-order chi connectivity index (χ1) is 12.0. The van der Waals surface area contributed by atoms with Gasteiger partial charge < -0.3 is 9.64 Å². The van der Waals surface area contributed by atoms with E-state index in [0.717, 1.165) is 31.6 Å². The summed E-state index contributed by atoms with van der Waals surface area (Å²) in [6, 6.07) is 8.07. The monoisotopic (exact) mass is 362 g/mol. The van der Waals surface area contributed by atoms with Gasteiger partial charge in [-0.15, -0.1) is 0 Å². The highest BCUT2D eigenvalue weighted by molar-refractivity contribution is 7.89. The predicted molar refractivity (Wildman–Crippen MR) is 95.2 cm³/mol. The molecule has 1 saturated heterocycles. The molecule has 0 radical (unpaired) electrons. The summed E-state index contributed by atoms with van der Waals surface area (Å²) in [6.45, 7) is 3.90. The minimum absolute atomic E-state index is 0.124. The van der Waals surface area contributed by atoms with Crippen LogP contribution in [0.15, 0.2) is 35.2 Å². The van der Waals surface area contributed by atoms with Crippen molar-refractivity contribution in [3.05, 3.63) is 41.7 Å². The van der Waals surface area contributed by atoms with Gasteiger partial charge in [-0.2, -0.15) is 0 Å². The third-order valence-corrected chi connectivity index (χ3v) is 5.51. The summed E-state index contributed by atoms with van der Waals surface area (Å²) < 4.78 is 32.5. The molecule has 1 fully saturated rings. The summed E-state index contributed by atoms with van der Waals surface area (Å²) in [6.07, 6.45) is 2.27. The van der Waals surface area contributed by atoms with Crippen LogP contribution in [0.1, 0.15) is 24.2 Å². The quantitative estimate of drug-likeness (QED) is 0.844. The molecule has 0 aliphatic carbocycles. The minimum Gasteiger partial charge on any atom is -0.497 e. The summed E-state index contributed by atoms with van der Waals surface area (Å²) in [5.74, 6) is 1.29. The zero-order chi connectivity index (χ0) is 17.9. The topological polar surface area (TPSA) is 84.4 Å². The molecule has 25 heavy (non-hydrogen) atoms. The van der Waals surface area contributed by atoms with Crippen molar-refractivity contribution in [2.45, 2.75) is 31.2 Å². The molecule has 1 N–H and O–H groups in total. The van der Waals surface area contributed by atoms with Crippen LogP contribution in [0.4, 0.5) is 5.95 Å². The Labute approximate surface area is 148 Å². The Balaban J connectivity index is 1.73. The van der Waals surface area contributed by atoms with Crippen molar-refractivity contribution in [1.82, 2.24) is 14.7 Å². The Morgan fingerprint density at radius 3 is 2.48 bits per heavy atom. The van der Waals surface area contributed by atoms with Gasteiger partial charge in [-0.25, -0.2) is 23.1 Å². The molecule has 8 heteroatoms. The number of aryl methyl sites for hydroxylation is 1. The van der Waals surface area contributed by atoms with Crippen molar-refractivity contribution < 1.29 is 13.2 Å². The molecular weight excluding hydrogens is 340 g/mol. The summed E-state index contributed by atoms with van der Waals surface area (Å²) in [7, 11) is -2.07. The van der Waals surface area contributed by atoms with Crippen LogP contribution >= 0.6 is 0 Å². The first-order valence-corrected chi connectivity index (χ1v) is 9.69. The Morgan fingerprint density at radius 1 is 1.16 bits per heavy atom. The Kier molecular flexibility index (Phi) is 5.19. The second-order valence-electron chi connectivity index (χ2n) is 5.99. The fourth-order valence-electron chi connectivity index (χ4n) is 2.77. The molecule has 0 saturated carbocycles. The molecule has 0 bridgehead atoms. The van der Waals surface area contributed by atoms with Crippen LogP contribution in [0.25, 0.3) is 0 Å². The van der Waals surface area contributed by atoms with Crippen molar-refractivity contribution in [3.63, 3.8) is 0 Å². The first-order valence-electron chi connectivity index (χ1n) is 8.21. The number of nitrogens with zero attached hydrogens (tertiary/aromatic N) is 3. The van der Waals surface area contributed by atoms with Crippen LogP contribution in [-0.4, -0.2) is 38.6 Å². The number of hydrogen-bond donors (Lipinski definition) is 1. The van der Waals surface area contributed by atoms with E-state index in [1.54, 1.807) is 18.2 Å². The highest BCUT2D eigenvalue weighted by atomic mass is 32.2. The average Bonchev–Trinajstić information content (AvgIpc) is 3.14. The van der Waals surface area contributed by atoms with E-state index >= 15 is 0 Å². The summed E-state index contributed by atoms with van der Waals surface area (Å²) >= 11 is 0. The molecule has 1 aromatic carbocycles. The van der Waals surface area contributed by atoms with Crippen LogP contribution in [-0.2, 0) is 16.6 Å². The number of rotatable bonds is 6. The molecule has 0 amide bonds. The van der Waals surface area contributed by atoms with Crippen molar-refractivity contribution in [1.29, 1.82) is 0 Å². The van der Waals surface area contributed by atoms with Crippen LogP contribution in [0, 0.1) is 6.92 Å². The first kappa shape index (κ1) is 17.6. The molecule has 7 nitrogen and oxygen atoms in total. The van der Waals surface area contributed by atoms with Crippen LogP contribution in [0.2, 0.25) is 0 Å². The lowest BCUT2D eigenvalue weighted by molar-refractivity contribution is 0.414. The van der Waals surface area contributed by atoms with Gasteiger partial charge in [-0.1, -0.05) is 0 Å². The van der Waals surface area contributed by atoms with E-state index in [9.17, 15) is 8.42 Å². The lowest BCUT2D eigenvalue weighted by atomic mass is 10.3. The SMILES string of the molecule is COc1ccc(S(=O)(=O)NCc2cc(C)nc(N3CCCC3)n2)cc1. The second-order valence-corrected chi connectivity index (χ2v) is 7.76. The van der Waals surface area contributed by atoms with Gasteiger partial charge in [-0.3, -0.25) is 0 Å². The van der Waals surface area contributed by atoms with Gasteiger partial charge in [0.25, 0.3) is 0 Å². The van der Waals surface area contributed by atoms with E-state index in [1.807, 2.05) is 6.92 Å². The highest BCUT2D eigenvalue weighted by Gasteiger charge is 2.18. The number of ether oxygens (including phenoxy) is 1. The molecule has 0 atom stereocenters. The van der Waals surface area contributed by atoms with Gasteiger partial charge in [0, 0.05) is 18.8 Å². The number of benzene rings is 1. The molecule has 1 aromatic heterocycles. The van der Waals surface area contributed by atoms with Gasteiger partial charge in [0.05, 0.1) is 24.2 Å². The Hall–Kier alpha value is -2.19. The van der Waals surface area contributed by atoms with Gasteiger partial charge in [0.15, 0.2) is 0 Å². The lowest BCUT2D eigenvalue weighted by Gasteiger charge is -2.16. The molecular formula is C17H22N4O3S. The fourth-order valence-corrected chi connectivity index (χ4v) is 3.77. The zero-order valence-corrected chi connectivity index (χ0v) is 15.2. The largest absolute Gasteiger partial charge is 0.497 e. The molecule has 0 spiro atoms. The average molecular weight is 362 g/mol. The van der Waals surface area contributed by atoms with Gasteiger partial charge in [0.2, 0.25) is 16.0 Å². The van der Waals surface area contributed by atoms with Crippen molar-refractivity contribution >= 4 is 16.0 Å². The third kappa shape index (κ3) is 4.26. The predicted octanol–water partition coefficient (Wildman–Crippen LogP) is 1.87. The molecule has 2 aromatic rings. The van der Waals surface area contributed by atoms with E-state index in [-0.39, 0.29) is 11.4 Å².